The van der Waals surface area contributed by atoms with E-state index in [4.69, 9.17) is 4.98 Å². The predicted octanol–water partition coefficient (Wildman–Crippen LogP) is 4.50. The SMILES string of the molecule is O=c1[nH]c(C2CCCCC2)nc2c1CN(Cc1cnc(-c3ccccc3)s1)CC2. The molecule has 5 rings (SSSR count). The van der Waals surface area contributed by atoms with Gasteiger partial charge in [-0.15, -0.1) is 11.3 Å². The average molecular weight is 407 g/mol. The topological polar surface area (TPSA) is 61.9 Å². The van der Waals surface area contributed by atoms with Crippen molar-refractivity contribution < 1.29 is 0 Å². The Morgan fingerprint density at radius 1 is 1.14 bits per heavy atom. The van der Waals surface area contributed by atoms with Crippen molar-refractivity contribution in [2.75, 3.05) is 6.54 Å². The summed E-state index contributed by atoms with van der Waals surface area (Å²) in [4.78, 5) is 28.9. The zero-order chi connectivity index (χ0) is 19.6. The number of benzene rings is 1. The van der Waals surface area contributed by atoms with Gasteiger partial charge in [0.1, 0.15) is 10.8 Å². The number of nitrogens with one attached hydrogen (secondary N) is 1. The molecule has 1 N–H and O–H groups in total. The van der Waals surface area contributed by atoms with E-state index >= 15 is 0 Å². The fraction of sp³-hybridized carbons (Fsp3) is 0.435. The molecule has 0 unspecified atom stereocenters. The summed E-state index contributed by atoms with van der Waals surface area (Å²) in [6, 6.07) is 10.3. The van der Waals surface area contributed by atoms with Crippen molar-refractivity contribution in [2.45, 2.75) is 57.5 Å². The third kappa shape index (κ3) is 4.05. The molecule has 0 radical (unpaired) electrons. The minimum absolute atomic E-state index is 0.0644. The van der Waals surface area contributed by atoms with Crippen LogP contribution in [0, 0.1) is 0 Å². The van der Waals surface area contributed by atoms with E-state index in [0.29, 0.717) is 12.5 Å². The van der Waals surface area contributed by atoms with Gasteiger partial charge in [-0.05, 0) is 12.8 Å². The van der Waals surface area contributed by atoms with Crippen LogP contribution in [0.15, 0.2) is 41.3 Å². The van der Waals surface area contributed by atoms with Crippen LogP contribution >= 0.6 is 11.3 Å². The highest BCUT2D eigenvalue weighted by Gasteiger charge is 2.24. The van der Waals surface area contributed by atoms with E-state index < -0.39 is 0 Å². The maximum Gasteiger partial charge on any atom is 0.255 e. The minimum atomic E-state index is 0.0644. The van der Waals surface area contributed by atoms with Gasteiger partial charge in [-0.3, -0.25) is 9.69 Å². The Hall–Kier alpha value is -2.31. The van der Waals surface area contributed by atoms with Crippen molar-refractivity contribution in [3.63, 3.8) is 0 Å². The Labute approximate surface area is 174 Å². The quantitative estimate of drug-likeness (QED) is 0.693. The van der Waals surface area contributed by atoms with Crippen LogP contribution in [0.5, 0.6) is 0 Å². The summed E-state index contributed by atoms with van der Waals surface area (Å²) in [5.74, 6) is 1.37. The zero-order valence-electron chi connectivity index (χ0n) is 16.6. The van der Waals surface area contributed by atoms with Crippen LogP contribution in [0.1, 0.15) is 60.0 Å². The Morgan fingerprint density at radius 2 is 1.97 bits per heavy atom. The molecule has 3 aromatic rings. The number of rotatable bonds is 4. The van der Waals surface area contributed by atoms with Gasteiger partial charge in [0.2, 0.25) is 0 Å². The molecule has 0 atom stereocenters. The number of H-pyrrole nitrogens is 1. The summed E-state index contributed by atoms with van der Waals surface area (Å²) in [7, 11) is 0. The molecule has 0 saturated heterocycles. The molecule has 2 aromatic heterocycles. The van der Waals surface area contributed by atoms with Crippen LogP contribution in [0.25, 0.3) is 10.6 Å². The lowest BCUT2D eigenvalue weighted by Crippen LogP contribution is -2.36. The lowest BCUT2D eigenvalue weighted by molar-refractivity contribution is 0.243. The number of fused-ring (bicyclic) bond motifs is 1. The molecule has 1 aliphatic heterocycles. The van der Waals surface area contributed by atoms with Crippen molar-refractivity contribution >= 4 is 11.3 Å². The molecule has 1 fully saturated rings. The molecule has 3 heterocycles. The lowest BCUT2D eigenvalue weighted by atomic mass is 9.88. The summed E-state index contributed by atoms with van der Waals surface area (Å²) in [5.41, 5.74) is 3.08. The smallest absolute Gasteiger partial charge is 0.255 e. The van der Waals surface area contributed by atoms with Gasteiger partial charge in [-0.2, -0.15) is 0 Å². The van der Waals surface area contributed by atoms with E-state index in [2.05, 4.69) is 27.0 Å². The molecule has 5 nitrogen and oxygen atoms in total. The van der Waals surface area contributed by atoms with Crippen LogP contribution in [-0.2, 0) is 19.5 Å². The Kier molecular flexibility index (Phi) is 5.29. The fourth-order valence-corrected chi connectivity index (χ4v) is 5.48. The lowest BCUT2D eigenvalue weighted by Gasteiger charge is -2.28. The van der Waals surface area contributed by atoms with Crippen LogP contribution in [0.4, 0.5) is 0 Å². The van der Waals surface area contributed by atoms with Crippen molar-refractivity contribution in [1.82, 2.24) is 19.9 Å². The first-order valence-corrected chi connectivity index (χ1v) is 11.4. The standard InChI is InChI=1S/C23H26N4OS/c28-22-19-15-27(14-18-13-24-23(29-18)17-9-5-2-6-10-17)12-11-20(19)25-21(26-22)16-7-3-1-4-8-16/h2,5-6,9-10,13,16H,1,3-4,7-8,11-12,14-15H2,(H,25,26,28). The van der Waals surface area contributed by atoms with Crippen molar-refractivity contribution in [3.8, 4) is 10.6 Å². The van der Waals surface area contributed by atoms with Gasteiger partial charge in [0.15, 0.2) is 0 Å². The molecule has 1 aromatic carbocycles. The first-order valence-electron chi connectivity index (χ1n) is 10.6. The van der Waals surface area contributed by atoms with E-state index in [1.165, 1.54) is 24.1 Å². The van der Waals surface area contributed by atoms with Crippen LogP contribution in [0.3, 0.4) is 0 Å². The Balaban J connectivity index is 1.30. The van der Waals surface area contributed by atoms with E-state index in [0.717, 1.165) is 60.0 Å². The van der Waals surface area contributed by atoms with Gasteiger partial charge in [-0.1, -0.05) is 49.6 Å². The summed E-state index contributed by atoms with van der Waals surface area (Å²) in [5, 5.41) is 1.05. The highest BCUT2D eigenvalue weighted by molar-refractivity contribution is 7.15. The van der Waals surface area contributed by atoms with Gasteiger partial charge in [0.25, 0.3) is 5.56 Å². The Bertz CT molecular complexity index is 1040. The summed E-state index contributed by atoms with van der Waals surface area (Å²) < 4.78 is 0. The van der Waals surface area contributed by atoms with Gasteiger partial charge < -0.3 is 4.98 Å². The molecule has 29 heavy (non-hydrogen) atoms. The number of aromatic nitrogens is 3. The van der Waals surface area contributed by atoms with Gasteiger partial charge >= 0.3 is 0 Å². The molecule has 0 spiro atoms. The van der Waals surface area contributed by atoms with Crippen molar-refractivity contribution in [2.24, 2.45) is 0 Å². The summed E-state index contributed by atoms with van der Waals surface area (Å²) in [6.45, 7) is 2.43. The third-order valence-corrected chi connectivity index (χ3v) is 7.14. The maximum atomic E-state index is 12.8. The monoisotopic (exact) mass is 406 g/mol. The normalized spacial score (nSPS) is 17.9. The van der Waals surface area contributed by atoms with E-state index in [1.54, 1.807) is 11.3 Å². The number of hydrogen-bond donors (Lipinski definition) is 1. The van der Waals surface area contributed by atoms with Gasteiger partial charge in [0.05, 0.1) is 11.3 Å². The van der Waals surface area contributed by atoms with Gasteiger partial charge in [-0.25, -0.2) is 9.97 Å². The second-order valence-electron chi connectivity index (χ2n) is 8.17. The van der Waals surface area contributed by atoms with E-state index in [-0.39, 0.29) is 5.56 Å². The molecule has 6 heteroatoms. The van der Waals surface area contributed by atoms with Crippen LogP contribution < -0.4 is 5.56 Å². The van der Waals surface area contributed by atoms with Crippen LogP contribution in [0.2, 0.25) is 0 Å². The molecule has 150 valence electrons. The van der Waals surface area contributed by atoms with Crippen molar-refractivity contribution in [3.05, 3.63) is 68.8 Å². The summed E-state index contributed by atoms with van der Waals surface area (Å²) >= 11 is 1.73. The molecule has 0 amide bonds. The predicted molar refractivity (Wildman–Crippen MR) is 116 cm³/mol. The second-order valence-corrected chi connectivity index (χ2v) is 9.28. The molecule has 2 aliphatic rings. The first kappa shape index (κ1) is 18.7. The first-order chi connectivity index (χ1) is 14.3. The largest absolute Gasteiger partial charge is 0.310 e. The molecule has 1 aliphatic carbocycles. The molecule has 0 bridgehead atoms. The number of aromatic amines is 1. The highest BCUT2D eigenvalue weighted by atomic mass is 32.1. The van der Waals surface area contributed by atoms with Crippen LogP contribution in [-0.4, -0.2) is 26.4 Å². The van der Waals surface area contributed by atoms with Gasteiger partial charge in [0, 0.05) is 48.6 Å². The molecular weight excluding hydrogens is 380 g/mol. The molecule has 1 saturated carbocycles. The average Bonchev–Trinajstić information content (AvgIpc) is 3.24. The number of hydrogen-bond acceptors (Lipinski definition) is 5. The summed E-state index contributed by atoms with van der Waals surface area (Å²) in [6.07, 6.45) is 8.94. The third-order valence-electron chi connectivity index (χ3n) is 6.11. The second kappa shape index (κ2) is 8.20. The minimum Gasteiger partial charge on any atom is -0.310 e. The van der Waals surface area contributed by atoms with E-state index in [1.807, 2.05) is 24.4 Å². The maximum absolute atomic E-state index is 12.8. The van der Waals surface area contributed by atoms with Crippen molar-refractivity contribution in [1.29, 1.82) is 0 Å². The van der Waals surface area contributed by atoms with E-state index in [9.17, 15) is 4.79 Å². The Morgan fingerprint density at radius 3 is 2.79 bits per heavy atom. The zero-order valence-corrected chi connectivity index (χ0v) is 17.4. The fourth-order valence-electron chi connectivity index (χ4n) is 4.52. The number of thiazole rings is 1. The molecular formula is C23H26N4OS. The highest BCUT2D eigenvalue weighted by Crippen LogP contribution is 2.31. The number of nitrogens with zero attached hydrogens (tertiary/aromatic N) is 3.